The highest BCUT2D eigenvalue weighted by atomic mass is 32.1. The number of hydrogen-bond donors (Lipinski definition) is 1. The van der Waals surface area contributed by atoms with E-state index in [9.17, 15) is 4.79 Å². The number of fused-ring (bicyclic) bond motifs is 2. The van der Waals surface area contributed by atoms with E-state index in [1.807, 2.05) is 30.3 Å². The monoisotopic (exact) mass is 312 g/mol. The quantitative estimate of drug-likeness (QED) is 0.733. The lowest BCUT2D eigenvalue weighted by atomic mass is 10.1. The number of nitrogens with two attached hydrogens (primary N) is 1. The van der Waals surface area contributed by atoms with Crippen molar-refractivity contribution in [1.29, 1.82) is 0 Å². The van der Waals surface area contributed by atoms with Crippen molar-refractivity contribution in [1.82, 2.24) is 4.98 Å². The fourth-order valence-electron chi connectivity index (χ4n) is 2.48. The van der Waals surface area contributed by atoms with E-state index in [0.717, 1.165) is 33.0 Å². The van der Waals surface area contributed by atoms with Crippen molar-refractivity contribution in [2.45, 2.75) is 6.92 Å². The molecule has 0 bridgehead atoms. The summed E-state index contributed by atoms with van der Waals surface area (Å²) in [5.41, 5.74) is 8.27. The number of hydrogen-bond acceptors (Lipinski definition) is 6. The number of pyridine rings is 1. The van der Waals surface area contributed by atoms with Crippen LogP contribution in [0, 0.1) is 0 Å². The van der Waals surface area contributed by atoms with Crippen LogP contribution in [0.25, 0.3) is 21.5 Å². The predicted molar refractivity (Wildman–Crippen MR) is 85.6 cm³/mol. The third-order valence-corrected chi connectivity index (χ3v) is 4.80. The van der Waals surface area contributed by atoms with Crippen LogP contribution in [0.3, 0.4) is 0 Å². The van der Waals surface area contributed by atoms with E-state index in [0.29, 0.717) is 10.6 Å². The second kappa shape index (κ2) is 4.71. The molecule has 5 nitrogen and oxygen atoms in total. The zero-order valence-corrected chi connectivity index (χ0v) is 12.6. The normalized spacial score (nSPS) is 12.8. The Bertz CT molecular complexity index is 917. The van der Waals surface area contributed by atoms with E-state index in [2.05, 4.69) is 4.98 Å². The maximum atomic E-state index is 11.6. The molecule has 1 aromatic carbocycles. The van der Waals surface area contributed by atoms with E-state index in [1.54, 1.807) is 0 Å². The Morgan fingerprint density at radius 2 is 2.05 bits per heavy atom. The van der Waals surface area contributed by atoms with Crippen LogP contribution in [0.1, 0.15) is 16.6 Å². The number of Topliss-reactive ketones (excluding diaryl/α,β-unsaturated/α-hetero) is 1. The second-order valence-electron chi connectivity index (χ2n) is 5.02. The van der Waals surface area contributed by atoms with Crippen molar-refractivity contribution in [2.24, 2.45) is 0 Å². The number of ketones is 1. The van der Waals surface area contributed by atoms with Crippen molar-refractivity contribution in [3.63, 3.8) is 0 Å². The number of ether oxygens (including phenoxy) is 2. The number of thiophene rings is 1. The van der Waals surface area contributed by atoms with Crippen molar-refractivity contribution in [2.75, 3.05) is 12.5 Å². The van der Waals surface area contributed by atoms with Gasteiger partial charge in [0.05, 0.1) is 16.3 Å². The van der Waals surface area contributed by atoms with E-state index in [-0.39, 0.29) is 12.6 Å². The number of nitrogen functional groups attached to an aromatic ring is 1. The molecule has 1 aliphatic heterocycles. The van der Waals surface area contributed by atoms with Crippen LogP contribution >= 0.6 is 11.3 Å². The molecule has 22 heavy (non-hydrogen) atoms. The summed E-state index contributed by atoms with van der Waals surface area (Å²) in [5, 5.41) is 0.819. The van der Waals surface area contributed by atoms with Crippen molar-refractivity contribution < 1.29 is 14.3 Å². The van der Waals surface area contributed by atoms with Gasteiger partial charge in [-0.15, -0.1) is 11.3 Å². The largest absolute Gasteiger partial charge is 0.454 e. The molecule has 1 aliphatic rings. The first-order valence-electron chi connectivity index (χ1n) is 6.73. The summed E-state index contributed by atoms with van der Waals surface area (Å²) in [7, 11) is 0. The summed E-state index contributed by atoms with van der Waals surface area (Å²) in [5.74, 6) is 1.42. The molecule has 0 unspecified atom stereocenters. The zero-order valence-electron chi connectivity index (χ0n) is 11.8. The highest BCUT2D eigenvalue weighted by Gasteiger charge is 2.17. The first-order chi connectivity index (χ1) is 10.6. The van der Waals surface area contributed by atoms with Gasteiger partial charge in [-0.2, -0.15) is 0 Å². The smallest absolute Gasteiger partial charge is 0.231 e. The molecule has 0 radical (unpaired) electrons. The van der Waals surface area contributed by atoms with Gasteiger partial charge in [0, 0.05) is 17.9 Å². The lowest BCUT2D eigenvalue weighted by molar-refractivity contribution is 0.102. The van der Waals surface area contributed by atoms with Gasteiger partial charge in [-0.3, -0.25) is 4.79 Å². The van der Waals surface area contributed by atoms with E-state index >= 15 is 0 Å². The third-order valence-electron chi connectivity index (χ3n) is 3.58. The minimum atomic E-state index is -0.0369. The van der Waals surface area contributed by atoms with Crippen LogP contribution in [-0.2, 0) is 0 Å². The molecule has 0 spiro atoms. The molecule has 0 aliphatic carbocycles. The predicted octanol–water partition coefficient (Wildman–Crippen LogP) is 3.48. The molecule has 4 rings (SSSR count). The molecule has 0 saturated carbocycles. The Labute approximate surface area is 130 Å². The molecule has 0 atom stereocenters. The van der Waals surface area contributed by atoms with Crippen LogP contribution in [0.5, 0.6) is 11.5 Å². The lowest BCUT2D eigenvalue weighted by Gasteiger charge is -2.03. The van der Waals surface area contributed by atoms with Gasteiger partial charge in [-0.25, -0.2) is 4.98 Å². The molecule has 0 saturated heterocycles. The van der Waals surface area contributed by atoms with E-state index in [4.69, 9.17) is 15.2 Å². The van der Waals surface area contributed by atoms with Crippen molar-refractivity contribution in [3.05, 3.63) is 35.2 Å². The summed E-state index contributed by atoms with van der Waals surface area (Å²) in [6.07, 6.45) is 0. The summed E-state index contributed by atoms with van der Waals surface area (Å²) in [6, 6.07) is 9.50. The van der Waals surface area contributed by atoms with E-state index in [1.165, 1.54) is 18.3 Å². The van der Waals surface area contributed by atoms with Crippen LogP contribution in [0.2, 0.25) is 0 Å². The zero-order chi connectivity index (χ0) is 15.3. The highest BCUT2D eigenvalue weighted by molar-refractivity contribution is 7.21. The van der Waals surface area contributed by atoms with Crippen LogP contribution in [-0.4, -0.2) is 17.6 Å². The van der Waals surface area contributed by atoms with Gasteiger partial charge < -0.3 is 15.2 Å². The summed E-state index contributed by atoms with van der Waals surface area (Å²) < 4.78 is 10.7. The molecule has 2 aromatic heterocycles. The molecule has 0 fully saturated rings. The number of carbonyl (C=O) groups excluding carboxylic acids is 1. The molecule has 0 amide bonds. The molecule has 3 aromatic rings. The average Bonchev–Trinajstić information content (AvgIpc) is 3.10. The molecular formula is C16H12N2O3S. The van der Waals surface area contributed by atoms with Crippen LogP contribution < -0.4 is 15.2 Å². The molecule has 3 heterocycles. The van der Waals surface area contributed by atoms with E-state index < -0.39 is 0 Å². The number of anilines is 1. The second-order valence-corrected chi connectivity index (χ2v) is 6.02. The Morgan fingerprint density at radius 3 is 2.86 bits per heavy atom. The van der Waals surface area contributed by atoms with Gasteiger partial charge in [0.2, 0.25) is 6.79 Å². The fraction of sp³-hybridized carbons (Fsp3) is 0.125. The van der Waals surface area contributed by atoms with Gasteiger partial charge in [-0.1, -0.05) is 0 Å². The first kappa shape index (κ1) is 13.1. The average molecular weight is 312 g/mol. The molecule has 6 heteroatoms. The summed E-state index contributed by atoms with van der Waals surface area (Å²) >= 11 is 1.32. The Morgan fingerprint density at radius 1 is 1.23 bits per heavy atom. The number of carbonyl (C=O) groups is 1. The minimum absolute atomic E-state index is 0.0369. The number of benzene rings is 1. The Kier molecular flexibility index (Phi) is 2.80. The topological polar surface area (TPSA) is 74.4 Å². The number of aromatic nitrogens is 1. The van der Waals surface area contributed by atoms with Gasteiger partial charge in [0.1, 0.15) is 4.83 Å². The van der Waals surface area contributed by atoms with Crippen LogP contribution in [0.15, 0.2) is 30.3 Å². The van der Waals surface area contributed by atoms with Gasteiger partial charge in [0.15, 0.2) is 17.3 Å². The SMILES string of the molecule is CC(=O)c1sc2nc(-c3ccc4c(c3)OCO4)ccc2c1N. The van der Waals surface area contributed by atoms with Gasteiger partial charge in [0.25, 0.3) is 0 Å². The lowest BCUT2D eigenvalue weighted by Crippen LogP contribution is -1.93. The fourth-order valence-corrected chi connectivity index (χ4v) is 3.46. The molecule has 2 N–H and O–H groups in total. The van der Waals surface area contributed by atoms with Crippen LogP contribution in [0.4, 0.5) is 5.69 Å². The Hall–Kier alpha value is -2.60. The third kappa shape index (κ3) is 1.92. The summed E-state index contributed by atoms with van der Waals surface area (Å²) in [6.45, 7) is 1.76. The van der Waals surface area contributed by atoms with Crippen molar-refractivity contribution >= 4 is 33.0 Å². The number of nitrogens with zero attached hydrogens (tertiary/aromatic N) is 1. The standard InChI is InChI=1S/C16H12N2O3S/c1-8(19)15-14(17)10-3-4-11(18-16(10)22-15)9-2-5-12-13(6-9)21-7-20-12/h2-6H,7,17H2,1H3. The van der Waals surface area contributed by atoms with Gasteiger partial charge in [-0.05, 0) is 30.3 Å². The number of rotatable bonds is 2. The highest BCUT2D eigenvalue weighted by Crippen LogP contribution is 2.37. The summed E-state index contributed by atoms with van der Waals surface area (Å²) in [4.78, 5) is 17.5. The first-order valence-corrected chi connectivity index (χ1v) is 7.55. The minimum Gasteiger partial charge on any atom is -0.454 e. The molecule has 110 valence electrons. The Balaban J connectivity index is 1.84. The maximum absolute atomic E-state index is 11.6. The maximum Gasteiger partial charge on any atom is 0.231 e. The van der Waals surface area contributed by atoms with Gasteiger partial charge >= 0.3 is 0 Å². The van der Waals surface area contributed by atoms with Crippen molar-refractivity contribution in [3.8, 4) is 22.8 Å². The molecular weight excluding hydrogens is 300 g/mol.